The fourth-order valence-corrected chi connectivity index (χ4v) is 2.03. The van der Waals surface area contributed by atoms with E-state index in [1.807, 2.05) is 0 Å². The first kappa shape index (κ1) is 17.8. The van der Waals surface area contributed by atoms with Gasteiger partial charge in [0.15, 0.2) is 5.69 Å². The van der Waals surface area contributed by atoms with E-state index in [1.165, 1.54) is 25.3 Å². The molecule has 10 heteroatoms. The first-order valence-corrected chi connectivity index (χ1v) is 6.93. The lowest BCUT2D eigenvalue weighted by atomic mass is 10.2. The lowest BCUT2D eigenvalue weighted by Crippen LogP contribution is -2.18. The number of halogens is 4. The van der Waals surface area contributed by atoms with Gasteiger partial charge >= 0.3 is 12.1 Å². The number of amides is 1. The van der Waals surface area contributed by atoms with Gasteiger partial charge in [-0.15, -0.1) is 0 Å². The minimum absolute atomic E-state index is 0.113. The molecule has 0 aliphatic carbocycles. The van der Waals surface area contributed by atoms with Gasteiger partial charge in [-0.3, -0.25) is 9.48 Å². The molecule has 0 fully saturated rings. The highest BCUT2D eigenvalue weighted by atomic mass is 35.5. The van der Waals surface area contributed by atoms with Crippen LogP contribution < -0.4 is 5.32 Å². The van der Waals surface area contributed by atoms with E-state index in [4.69, 9.17) is 16.7 Å². The summed E-state index contributed by atoms with van der Waals surface area (Å²) in [5, 5.41) is 14.4. The van der Waals surface area contributed by atoms with E-state index in [2.05, 4.69) is 10.4 Å². The Morgan fingerprint density at radius 1 is 1.33 bits per heavy atom. The fourth-order valence-electron chi connectivity index (χ4n) is 1.80. The fraction of sp³-hybridized carbons (Fsp3) is 0.214. The van der Waals surface area contributed by atoms with Crippen molar-refractivity contribution in [3.05, 3.63) is 46.7 Å². The van der Waals surface area contributed by atoms with Gasteiger partial charge in [0.2, 0.25) is 0 Å². The molecule has 1 heterocycles. The Balaban J connectivity index is 2.20. The van der Waals surface area contributed by atoms with Gasteiger partial charge in [0, 0.05) is 11.9 Å². The van der Waals surface area contributed by atoms with Crippen LogP contribution in [0.2, 0.25) is 5.02 Å². The van der Waals surface area contributed by atoms with Gasteiger partial charge in [0.1, 0.15) is 6.04 Å². The van der Waals surface area contributed by atoms with Gasteiger partial charge in [-0.05, 0) is 31.2 Å². The van der Waals surface area contributed by atoms with E-state index < -0.39 is 34.7 Å². The van der Waals surface area contributed by atoms with Crippen LogP contribution in [0.15, 0.2) is 30.5 Å². The topological polar surface area (TPSA) is 84.2 Å². The first-order chi connectivity index (χ1) is 11.1. The van der Waals surface area contributed by atoms with Gasteiger partial charge in [-0.1, -0.05) is 11.6 Å². The van der Waals surface area contributed by atoms with Crippen LogP contribution in [0.1, 0.15) is 29.0 Å². The second kappa shape index (κ2) is 6.52. The maximum Gasteiger partial charge on any atom is 0.417 e. The molecule has 2 N–H and O–H groups in total. The summed E-state index contributed by atoms with van der Waals surface area (Å²) in [5.41, 5.74) is -1.32. The third-order valence-corrected chi connectivity index (χ3v) is 3.45. The van der Waals surface area contributed by atoms with Crippen LogP contribution in [0.3, 0.4) is 0 Å². The largest absolute Gasteiger partial charge is 0.480 e. The number of nitrogens with one attached hydrogen (secondary N) is 1. The first-order valence-electron chi connectivity index (χ1n) is 6.55. The lowest BCUT2D eigenvalue weighted by molar-refractivity contribution is -0.140. The number of carboxylic acid groups (broad SMARTS) is 1. The zero-order valence-electron chi connectivity index (χ0n) is 12.1. The third kappa shape index (κ3) is 3.85. The Labute approximate surface area is 138 Å². The van der Waals surface area contributed by atoms with E-state index >= 15 is 0 Å². The molecule has 1 aromatic heterocycles. The molecule has 1 aromatic carbocycles. The van der Waals surface area contributed by atoms with Crippen molar-refractivity contribution in [2.24, 2.45) is 0 Å². The van der Waals surface area contributed by atoms with Crippen LogP contribution in [0.25, 0.3) is 0 Å². The standard InChI is InChI=1S/C14H11ClF3N3O3/c1-7(13(23)24)21-5-4-11(20-21)12(22)19-8-2-3-10(15)9(6-8)14(16,17)18/h2-7H,1H3,(H,19,22)(H,23,24). The molecule has 0 bridgehead atoms. The van der Waals surface area contributed by atoms with Crippen molar-refractivity contribution in [2.45, 2.75) is 19.1 Å². The van der Waals surface area contributed by atoms with Crippen molar-refractivity contribution in [3.8, 4) is 0 Å². The number of hydrogen-bond acceptors (Lipinski definition) is 3. The molecule has 0 radical (unpaired) electrons. The zero-order chi connectivity index (χ0) is 18.1. The number of rotatable bonds is 4. The van der Waals surface area contributed by atoms with Crippen LogP contribution in [0.4, 0.5) is 18.9 Å². The average molecular weight is 362 g/mol. The van der Waals surface area contributed by atoms with Crippen molar-refractivity contribution in [1.82, 2.24) is 9.78 Å². The van der Waals surface area contributed by atoms with Crippen LogP contribution in [0, 0.1) is 0 Å². The van der Waals surface area contributed by atoms with E-state index in [-0.39, 0.29) is 11.4 Å². The molecule has 0 aliphatic heterocycles. The number of benzene rings is 1. The van der Waals surface area contributed by atoms with Crippen molar-refractivity contribution in [3.63, 3.8) is 0 Å². The second-order valence-corrected chi connectivity index (χ2v) is 5.25. The van der Waals surface area contributed by atoms with Gasteiger partial charge in [0.25, 0.3) is 5.91 Å². The average Bonchev–Trinajstić information content (AvgIpc) is 2.97. The van der Waals surface area contributed by atoms with Crippen LogP contribution in [0.5, 0.6) is 0 Å². The SMILES string of the molecule is CC(C(=O)O)n1ccc(C(=O)Nc2ccc(Cl)c(C(F)(F)F)c2)n1. The summed E-state index contributed by atoms with van der Waals surface area (Å²) in [5.74, 6) is -1.92. The van der Waals surface area contributed by atoms with E-state index in [1.54, 1.807) is 0 Å². The molecule has 0 saturated carbocycles. The Hall–Kier alpha value is -2.55. The number of carbonyl (C=O) groups is 2. The van der Waals surface area contributed by atoms with Gasteiger partial charge < -0.3 is 10.4 Å². The normalized spacial score (nSPS) is 12.7. The van der Waals surface area contributed by atoms with Gasteiger partial charge in [-0.25, -0.2) is 4.79 Å². The van der Waals surface area contributed by atoms with Crippen LogP contribution in [-0.4, -0.2) is 26.8 Å². The van der Waals surface area contributed by atoms with Crippen molar-refractivity contribution in [1.29, 1.82) is 0 Å². The number of alkyl halides is 3. The molecular weight excluding hydrogens is 351 g/mol. The summed E-state index contributed by atoms with van der Waals surface area (Å²) >= 11 is 5.50. The summed E-state index contributed by atoms with van der Waals surface area (Å²) in [6, 6.07) is 3.21. The Bertz CT molecular complexity index is 789. The Morgan fingerprint density at radius 2 is 2.00 bits per heavy atom. The summed E-state index contributed by atoms with van der Waals surface area (Å²) in [4.78, 5) is 22.9. The van der Waals surface area contributed by atoms with E-state index in [0.717, 1.165) is 10.7 Å². The predicted octanol–water partition coefficient (Wildman–Crippen LogP) is 3.45. The van der Waals surface area contributed by atoms with Gasteiger partial charge in [-0.2, -0.15) is 18.3 Å². The molecular formula is C14H11ClF3N3O3. The van der Waals surface area contributed by atoms with Crippen molar-refractivity contribution < 1.29 is 27.9 Å². The molecule has 128 valence electrons. The highest BCUT2D eigenvalue weighted by Crippen LogP contribution is 2.36. The van der Waals surface area contributed by atoms with E-state index in [9.17, 15) is 22.8 Å². The minimum Gasteiger partial charge on any atom is -0.480 e. The molecule has 2 aromatic rings. The minimum atomic E-state index is -4.66. The number of carbonyl (C=O) groups excluding carboxylic acids is 1. The third-order valence-electron chi connectivity index (χ3n) is 3.12. The molecule has 1 atom stereocenters. The molecule has 0 spiro atoms. The maximum absolute atomic E-state index is 12.8. The number of hydrogen-bond donors (Lipinski definition) is 2. The predicted molar refractivity (Wildman–Crippen MR) is 79.0 cm³/mol. The highest BCUT2D eigenvalue weighted by molar-refractivity contribution is 6.31. The lowest BCUT2D eigenvalue weighted by Gasteiger charge is -2.11. The quantitative estimate of drug-likeness (QED) is 0.873. The number of anilines is 1. The Morgan fingerprint density at radius 3 is 2.58 bits per heavy atom. The zero-order valence-corrected chi connectivity index (χ0v) is 12.9. The smallest absolute Gasteiger partial charge is 0.417 e. The highest BCUT2D eigenvalue weighted by Gasteiger charge is 2.33. The summed E-state index contributed by atoms with van der Waals surface area (Å²) < 4.78 is 39.4. The van der Waals surface area contributed by atoms with Crippen LogP contribution in [-0.2, 0) is 11.0 Å². The number of aromatic nitrogens is 2. The molecule has 24 heavy (non-hydrogen) atoms. The maximum atomic E-state index is 12.8. The summed E-state index contributed by atoms with van der Waals surface area (Å²) in [7, 11) is 0. The van der Waals surface area contributed by atoms with E-state index in [0.29, 0.717) is 6.07 Å². The molecule has 6 nitrogen and oxygen atoms in total. The van der Waals surface area contributed by atoms with Crippen molar-refractivity contribution in [2.75, 3.05) is 5.32 Å². The van der Waals surface area contributed by atoms with Crippen molar-refractivity contribution >= 4 is 29.2 Å². The monoisotopic (exact) mass is 361 g/mol. The summed E-state index contributed by atoms with van der Waals surface area (Å²) in [6.07, 6.45) is -3.37. The number of carboxylic acids is 1. The second-order valence-electron chi connectivity index (χ2n) is 4.84. The molecule has 2 rings (SSSR count). The molecule has 0 aliphatic rings. The molecule has 1 amide bonds. The molecule has 1 unspecified atom stereocenters. The Kier molecular flexibility index (Phi) is 4.83. The molecule has 0 saturated heterocycles. The number of nitrogens with zero attached hydrogens (tertiary/aromatic N) is 2. The van der Waals surface area contributed by atoms with Gasteiger partial charge in [0.05, 0.1) is 10.6 Å². The summed E-state index contributed by atoms with van der Waals surface area (Å²) in [6.45, 7) is 1.37. The number of aliphatic carboxylic acids is 1. The van der Waals surface area contributed by atoms with Crippen LogP contribution >= 0.6 is 11.6 Å².